The number of carbonyl (C=O) groups is 1. The Labute approximate surface area is 168 Å². The van der Waals surface area contributed by atoms with Crippen LogP contribution in [0.5, 0.6) is 0 Å². The molecule has 0 spiro atoms. The zero-order chi connectivity index (χ0) is 20.2. The van der Waals surface area contributed by atoms with E-state index in [2.05, 4.69) is 44.9 Å². The number of alkyl halides is 2. The molecule has 1 aromatic rings. The highest BCUT2D eigenvalue weighted by Gasteiger charge is 2.42. The van der Waals surface area contributed by atoms with Gasteiger partial charge in [0.25, 0.3) is 0 Å². The molecule has 1 atom stereocenters. The number of hydrogen-bond donors (Lipinski definition) is 0. The second kappa shape index (κ2) is 9.17. The van der Waals surface area contributed by atoms with Crippen molar-refractivity contribution >= 4 is 31.9 Å². The summed E-state index contributed by atoms with van der Waals surface area (Å²) >= 11 is 3.33. The van der Waals surface area contributed by atoms with E-state index in [1.165, 1.54) is 7.11 Å². The largest absolute Gasteiger partial charge is 0.468 e. The summed E-state index contributed by atoms with van der Waals surface area (Å²) in [5.41, 5.74) is 0. The molecule has 1 aliphatic carbocycles. The third kappa shape index (κ3) is 6.39. The molecule has 0 saturated heterocycles. The molecule has 1 aliphatic rings. The van der Waals surface area contributed by atoms with Crippen molar-refractivity contribution in [2.75, 3.05) is 38.2 Å². The SMILES string of the molecule is COC(=O)C(c1nnc(Br)n1COCCS(C)(C)C)C1CCC(F)(F)CC1. The van der Waals surface area contributed by atoms with E-state index in [1.54, 1.807) is 4.57 Å². The van der Waals surface area contributed by atoms with Gasteiger partial charge in [-0.25, -0.2) is 18.8 Å². The molecule has 0 amide bonds. The third-order valence-corrected chi connectivity index (χ3v) is 6.74. The first-order valence-electron chi connectivity index (χ1n) is 8.82. The summed E-state index contributed by atoms with van der Waals surface area (Å²) < 4.78 is 39.9. The lowest BCUT2D eigenvalue weighted by Gasteiger charge is -2.32. The lowest BCUT2D eigenvalue weighted by molar-refractivity contribution is -0.145. The zero-order valence-electron chi connectivity index (χ0n) is 16.2. The molecule has 10 heteroatoms. The number of rotatable bonds is 8. The maximum Gasteiger partial charge on any atom is 0.316 e. The van der Waals surface area contributed by atoms with Crippen LogP contribution in [0, 0.1) is 5.92 Å². The Morgan fingerprint density at radius 3 is 2.52 bits per heavy atom. The highest BCUT2D eigenvalue weighted by Crippen LogP contribution is 2.42. The van der Waals surface area contributed by atoms with Crippen molar-refractivity contribution in [1.29, 1.82) is 0 Å². The Morgan fingerprint density at radius 2 is 1.96 bits per heavy atom. The molecule has 0 N–H and O–H groups in total. The third-order valence-electron chi connectivity index (χ3n) is 4.76. The molecule has 0 bridgehead atoms. The van der Waals surface area contributed by atoms with Crippen LogP contribution < -0.4 is 0 Å². The minimum absolute atomic E-state index is 0.189. The van der Waals surface area contributed by atoms with Gasteiger partial charge < -0.3 is 9.47 Å². The van der Waals surface area contributed by atoms with E-state index in [4.69, 9.17) is 9.47 Å². The Balaban J connectivity index is 2.15. The van der Waals surface area contributed by atoms with Gasteiger partial charge in [-0.2, -0.15) is 0 Å². The first-order valence-corrected chi connectivity index (χ1v) is 12.6. The van der Waals surface area contributed by atoms with Crippen LogP contribution in [0.1, 0.15) is 37.4 Å². The fourth-order valence-electron chi connectivity index (χ4n) is 3.14. The van der Waals surface area contributed by atoms with Gasteiger partial charge in [0.15, 0.2) is 0 Å². The zero-order valence-corrected chi connectivity index (χ0v) is 18.6. The topological polar surface area (TPSA) is 66.2 Å². The molecule has 1 saturated carbocycles. The van der Waals surface area contributed by atoms with E-state index >= 15 is 0 Å². The number of nitrogens with zero attached hydrogens (tertiary/aromatic N) is 3. The van der Waals surface area contributed by atoms with Crippen LogP contribution in [0.2, 0.25) is 0 Å². The van der Waals surface area contributed by atoms with Crippen molar-refractivity contribution in [3.63, 3.8) is 0 Å². The summed E-state index contributed by atoms with van der Waals surface area (Å²) in [6.07, 6.45) is 6.65. The smallest absolute Gasteiger partial charge is 0.316 e. The number of esters is 1. The predicted molar refractivity (Wildman–Crippen MR) is 106 cm³/mol. The van der Waals surface area contributed by atoms with Crippen LogP contribution in [0.15, 0.2) is 4.73 Å². The molecule has 0 aliphatic heterocycles. The standard InChI is InChI=1S/C17H28BrF2N3O3S/c1-25-15(24)13(12-5-7-17(19,20)8-6-12)14-21-22-16(18)23(14)11-26-9-10-27(2,3)4/h12-13H,5-11H2,1-4H3. The van der Waals surface area contributed by atoms with E-state index in [0.717, 1.165) is 5.75 Å². The lowest BCUT2D eigenvalue weighted by atomic mass is 9.78. The molecule has 1 fully saturated rings. The van der Waals surface area contributed by atoms with Crippen LogP contribution in [-0.4, -0.2) is 64.9 Å². The Morgan fingerprint density at radius 1 is 1.33 bits per heavy atom. The fraction of sp³-hybridized carbons (Fsp3) is 0.824. The van der Waals surface area contributed by atoms with Gasteiger partial charge >= 0.3 is 5.97 Å². The average Bonchev–Trinajstić information content (AvgIpc) is 2.93. The second-order valence-corrected chi connectivity index (χ2v) is 13.1. The van der Waals surface area contributed by atoms with E-state index in [9.17, 15) is 13.6 Å². The Bertz CT molecular complexity index is 642. The molecular weight excluding hydrogens is 444 g/mol. The molecule has 1 unspecified atom stereocenters. The van der Waals surface area contributed by atoms with Gasteiger partial charge in [-0.05, 0) is 53.5 Å². The summed E-state index contributed by atoms with van der Waals surface area (Å²) in [5.74, 6) is -2.78. The Kier molecular flexibility index (Phi) is 7.66. The number of ether oxygens (including phenoxy) is 2. The van der Waals surface area contributed by atoms with Crippen molar-refractivity contribution in [1.82, 2.24) is 14.8 Å². The van der Waals surface area contributed by atoms with E-state index in [1.807, 2.05) is 0 Å². The first kappa shape index (κ1) is 22.5. The van der Waals surface area contributed by atoms with E-state index in [0.29, 0.717) is 17.2 Å². The van der Waals surface area contributed by atoms with E-state index in [-0.39, 0.29) is 38.3 Å². The van der Waals surface area contributed by atoms with Crippen molar-refractivity contribution < 1.29 is 23.0 Å². The van der Waals surface area contributed by atoms with Crippen molar-refractivity contribution in [3.05, 3.63) is 10.6 Å². The summed E-state index contributed by atoms with van der Waals surface area (Å²) in [4.78, 5) is 12.5. The molecule has 2 rings (SSSR count). The first-order chi connectivity index (χ1) is 12.5. The van der Waals surface area contributed by atoms with Crippen molar-refractivity contribution in [2.24, 2.45) is 5.92 Å². The van der Waals surface area contributed by atoms with Crippen LogP contribution in [0.3, 0.4) is 0 Å². The normalized spacial score (nSPS) is 19.7. The lowest BCUT2D eigenvalue weighted by Crippen LogP contribution is -2.33. The van der Waals surface area contributed by atoms with Gasteiger partial charge in [0.2, 0.25) is 10.7 Å². The summed E-state index contributed by atoms with van der Waals surface area (Å²) in [6, 6.07) is 0. The minimum atomic E-state index is -2.66. The minimum Gasteiger partial charge on any atom is -0.468 e. The van der Waals surface area contributed by atoms with Gasteiger partial charge in [-0.3, -0.25) is 9.36 Å². The maximum absolute atomic E-state index is 13.5. The number of hydrogen-bond acceptors (Lipinski definition) is 5. The van der Waals surface area contributed by atoms with Gasteiger partial charge in [0.1, 0.15) is 18.5 Å². The summed E-state index contributed by atoms with van der Waals surface area (Å²) in [6.45, 7) is 0.774. The van der Waals surface area contributed by atoms with Gasteiger partial charge in [-0.15, -0.1) is 10.2 Å². The average molecular weight is 472 g/mol. The molecule has 1 heterocycles. The Hall–Kier alpha value is -0.740. The van der Waals surface area contributed by atoms with Gasteiger partial charge in [0, 0.05) is 18.6 Å². The molecule has 0 radical (unpaired) electrons. The van der Waals surface area contributed by atoms with Gasteiger partial charge in [0.05, 0.1) is 13.7 Å². The number of halogens is 3. The fourth-order valence-corrected chi connectivity index (χ4v) is 4.12. The summed E-state index contributed by atoms with van der Waals surface area (Å²) in [7, 11) is 0.627. The van der Waals surface area contributed by atoms with Crippen molar-refractivity contribution in [3.8, 4) is 0 Å². The van der Waals surface area contributed by atoms with Crippen LogP contribution in [0.25, 0.3) is 0 Å². The second-order valence-electron chi connectivity index (χ2n) is 7.78. The summed E-state index contributed by atoms with van der Waals surface area (Å²) in [5, 5.41) is 8.13. The molecule has 6 nitrogen and oxygen atoms in total. The molecule has 0 aromatic carbocycles. The van der Waals surface area contributed by atoms with Crippen LogP contribution >= 0.6 is 26.0 Å². The number of methoxy groups -OCH3 is 1. The van der Waals surface area contributed by atoms with E-state index < -0.39 is 27.8 Å². The number of aromatic nitrogens is 3. The molecule has 156 valence electrons. The van der Waals surface area contributed by atoms with Crippen LogP contribution in [-0.2, 0) is 21.0 Å². The highest BCUT2D eigenvalue weighted by atomic mass is 79.9. The monoisotopic (exact) mass is 471 g/mol. The highest BCUT2D eigenvalue weighted by molar-refractivity contribution is 9.10. The number of carbonyl (C=O) groups excluding carboxylic acids is 1. The maximum atomic E-state index is 13.5. The quantitative estimate of drug-likeness (QED) is 0.426. The van der Waals surface area contributed by atoms with Gasteiger partial charge in [-0.1, -0.05) is 0 Å². The van der Waals surface area contributed by atoms with Crippen LogP contribution in [0.4, 0.5) is 8.78 Å². The molecule has 27 heavy (non-hydrogen) atoms. The van der Waals surface area contributed by atoms with Crippen molar-refractivity contribution in [2.45, 2.75) is 44.3 Å². The molecule has 1 aromatic heterocycles. The predicted octanol–water partition coefficient (Wildman–Crippen LogP) is 3.79. The molecular formula is C17H28BrF2N3O3S.